The highest BCUT2D eigenvalue weighted by Crippen LogP contribution is 2.42. The summed E-state index contributed by atoms with van der Waals surface area (Å²) in [6.07, 6.45) is 5.21. The molecule has 3 aliphatic rings. The molecule has 0 spiro atoms. The Hall–Kier alpha value is -5.72. The SMILES string of the molecule is CC.CC.CCn1c(-c2cccnc2C(C)OC)c2c3cc(ccc31)-c1cccc(c1)CC(NC(=O)C(C(C)C)N(C)C)C(=O)N1CCCC(N1)C(=O)OCC(C)(C)C2.O=CC#CCN1CC(C=O)C1. The zero-order valence-corrected chi connectivity index (χ0v) is 44.1. The van der Waals surface area contributed by atoms with Gasteiger partial charge in [0.25, 0.3) is 5.91 Å². The van der Waals surface area contributed by atoms with Crippen LogP contribution in [0.25, 0.3) is 33.3 Å². The fraction of sp³-hybridized carbons (Fsp3) is 0.536. The van der Waals surface area contributed by atoms with E-state index in [0.29, 0.717) is 38.6 Å². The molecule has 14 nitrogen and oxygen atoms in total. The number of benzene rings is 2. The molecule has 5 heterocycles. The molecule has 0 saturated carbocycles. The Kier molecular flexibility index (Phi) is 22.0. The van der Waals surface area contributed by atoms with Crippen LogP contribution in [-0.4, -0.2) is 127 Å². The van der Waals surface area contributed by atoms with Gasteiger partial charge in [-0.3, -0.25) is 39.0 Å². The van der Waals surface area contributed by atoms with E-state index in [1.807, 2.05) is 96.8 Å². The lowest BCUT2D eigenvalue weighted by Gasteiger charge is -2.36. The predicted molar refractivity (Wildman–Crippen MR) is 278 cm³/mol. The third-order valence-electron chi connectivity index (χ3n) is 12.7. The zero-order chi connectivity index (χ0) is 51.7. The number of carbonyl (C=O) groups is 5. The van der Waals surface area contributed by atoms with Crippen molar-refractivity contribution in [2.45, 2.75) is 126 Å². The van der Waals surface area contributed by atoms with E-state index in [0.717, 1.165) is 76.0 Å². The first-order valence-electron chi connectivity index (χ1n) is 25.1. The van der Waals surface area contributed by atoms with Gasteiger partial charge >= 0.3 is 5.97 Å². The monoisotopic (exact) mass is 962 g/mol. The third-order valence-corrected chi connectivity index (χ3v) is 12.7. The van der Waals surface area contributed by atoms with Crippen LogP contribution in [0.15, 0.2) is 60.8 Å². The van der Waals surface area contributed by atoms with E-state index in [1.54, 1.807) is 7.11 Å². The number of hydrazine groups is 1. The molecule has 3 aliphatic heterocycles. The minimum Gasteiger partial charge on any atom is -0.464 e. The van der Waals surface area contributed by atoms with Crippen LogP contribution in [0.1, 0.15) is 105 Å². The number of nitrogens with one attached hydrogen (secondary N) is 2. The number of methoxy groups -OCH3 is 1. The molecule has 2 N–H and O–H groups in total. The van der Waals surface area contributed by atoms with Crippen LogP contribution >= 0.6 is 0 Å². The summed E-state index contributed by atoms with van der Waals surface area (Å²) in [7, 11) is 5.45. The summed E-state index contributed by atoms with van der Waals surface area (Å²) in [6.45, 7) is 23.9. The van der Waals surface area contributed by atoms with E-state index in [2.05, 4.69) is 84.3 Å². The Labute approximate surface area is 417 Å². The normalized spacial score (nSPS) is 18.9. The number of hydrogen-bond donors (Lipinski definition) is 2. The van der Waals surface area contributed by atoms with Crippen LogP contribution in [0.4, 0.5) is 0 Å². The van der Waals surface area contributed by atoms with Crippen molar-refractivity contribution in [1.29, 1.82) is 0 Å². The molecule has 4 atom stereocenters. The van der Waals surface area contributed by atoms with E-state index >= 15 is 0 Å². The van der Waals surface area contributed by atoms with Crippen molar-refractivity contribution in [2.24, 2.45) is 17.3 Å². The van der Waals surface area contributed by atoms with Gasteiger partial charge in [0.05, 0.1) is 36.7 Å². The smallest absolute Gasteiger partial charge is 0.324 e. The summed E-state index contributed by atoms with van der Waals surface area (Å²) in [5, 5.41) is 5.73. The number of aromatic nitrogens is 2. The predicted octanol–water partition coefficient (Wildman–Crippen LogP) is 7.70. The van der Waals surface area contributed by atoms with Gasteiger partial charge < -0.3 is 24.2 Å². The van der Waals surface area contributed by atoms with Gasteiger partial charge in [-0.25, -0.2) is 5.43 Å². The summed E-state index contributed by atoms with van der Waals surface area (Å²) < 4.78 is 14.2. The van der Waals surface area contributed by atoms with Gasteiger partial charge in [0.15, 0.2) is 6.29 Å². The second-order valence-electron chi connectivity index (χ2n) is 19.0. The minimum atomic E-state index is -0.859. The number of aryl methyl sites for hydroxylation is 1. The van der Waals surface area contributed by atoms with Gasteiger partial charge in [0.2, 0.25) is 5.91 Å². The number of cyclic esters (lactones) is 1. The first-order valence-corrected chi connectivity index (χ1v) is 25.1. The number of carbonyl (C=O) groups excluding carboxylic acids is 5. The van der Waals surface area contributed by atoms with Crippen molar-refractivity contribution in [1.82, 2.24) is 35.1 Å². The van der Waals surface area contributed by atoms with Gasteiger partial charge in [-0.15, -0.1) is 0 Å². The summed E-state index contributed by atoms with van der Waals surface area (Å²) >= 11 is 0. The second-order valence-corrected chi connectivity index (χ2v) is 19.0. The van der Waals surface area contributed by atoms with Crippen molar-refractivity contribution < 1.29 is 33.4 Å². The van der Waals surface area contributed by atoms with Gasteiger partial charge in [0.1, 0.15) is 18.4 Å². The Morgan fingerprint density at radius 2 is 1.74 bits per heavy atom. The number of pyridine rings is 1. The fourth-order valence-electron chi connectivity index (χ4n) is 9.40. The van der Waals surface area contributed by atoms with Gasteiger partial charge in [0, 0.05) is 73.7 Å². The molecule has 0 radical (unpaired) electrons. The maximum absolute atomic E-state index is 14.3. The van der Waals surface area contributed by atoms with Crippen molar-refractivity contribution in [3.05, 3.63) is 77.6 Å². The average Bonchev–Trinajstić information content (AvgIpc) is 3.65. The van der Waals surface area contributed by atoms with Crippen molar-refractivity contribution in [3.8, 4) is 34.2 Å². The molecule has 4 unspecified atom stereocenters. The van der Waals surface area contributed by atoms with Crippen molar-refractivity contribution in [3.63, 3.8) is 0 Å². The van der Waals surface area contributed by atoms with E-state index < -0.39 is 29.5 Å². The number of rotatable bonds is 10. The fourth-order valence-corrected chi connectivity index (χ4v) is 9.40. The van der Waals surface area contributed by atoms with Crippen LogP contribution in [0.2, 0.25) is 0 Å². The van der Waals surface area contributed by atoms with Gasteiger partial charge in [-0.1, -0.05) is 91.6 Å². The highest BCUT2D eigenvalue weighted by Gasteiger charge is 2.37. The lowest BCUT2D eigenvalue weighted by Crippen LogP contribution is -2.61. The minimum absolute atomic E-state index is 0.0279. The molecule has 2 saturated heterocycles. The van der Waals surface area contributed by atoms with E-state index in [4.69, 9.17) is 14.5 Å². The van der Waals surface area contributed by atoms with Crippen LogP contribution < -0.4 is 10.7 Å². The number of esters is 1. The van der Waals surface area contributed by atoms with Gasteiger partial charge in [-0.2, -0.15) is 0 Å². The van der Waals surface area contributed by atoms with Crippen molar-refractivity contribution >= 4 is 41.3 Å². The Balaban J connectivity index is 0.000000616. The molecular weight excluding hydrogens is 883 g/mol. The van der Waals surface area contributed by atoms with Gasteiger partial charge in [-0.05, 0) is 106 Å². The number of fused-ring (bicyclic) bond motifs is 6. The van der Waals surface area contributed by atoms with E-state index in [-0.39, 0.29) is 42.8 Å². The summed E-state index contributed by atoms with van der Waals surface area (Å²) in [4.78, 5) is 70.5. The third kappa shape index (κ3) is 14.2. The number of nitrogens with zero attached hydrogens (tertiary/aromatic N) is 5. The molecule has 6 bridgehead atoms. The number of amides is 2. The highest BCUT2D eigenvalue weighted by molar-refractivity contribution is 5.95. The number of hydrogen-bond acceptors (Lipinski definition) is 11. The summed E-state index contributed by atoms with van der Waals surface area (Å²) in [5.74, 6) is 4.32. The topological polar surface area (TPSA) is 155 Å². The van der Waals surface area contributed by atoms with Crippen molar-refractivity contribution in [2.75, 3.05) is 54.0 Å². The van der Waals surface area contributed by atoms with E-state index in [9.17, 15) is 24.0 Å². The molecule has 0 aliphatic carbocycles. The Morgan fingerprint density at radius 3 is 2.39 bits per heavy atom. The second kappa shape index (κ2) is 27.0. The first-order chi connectivity index (χ1) is 33.6. The molecule has 14 heteroatoms. The van der Waals surface area contributed by atoms with E-state index in [1.165, 1.54) is 5.01 Å². The molecule has 380 valence electrons. The maximum Gasteiger partial charge on any atom is 0.324 e. The lowest BCUT2D eigenvalue weighted by atomic mass is 9.84. The maximum atomic E-state index is 14.3. The van der Waals surface area contributed by atoms with Crippen LogP contribution in [0, 0.1) is 29.1 Å². The van der Waals surface area contributed by atoms with Crippen LogP contribution in [0.5, 0.6) is 0 Å². The first kappa shape index (κ1) is 56.9. The zero-order valence-electron chi connectivity index (χ0n) is 44.1. The molecule has 2 fully saturated rings. The Bertz CT molecular complexity index is 2440. The molecule has 2 amide bonds. The lowest BCUT2D eigenvalue weighted by molar-refractivity contribution is -0.155. The molecular formula is C56H79N7O7. The van der Waals surface area contributed by atoms with Crippen LogP contribution in [-0.2, 0) is 52.8 Å². The summed E-state index contributed by atoms with van der Waals surface area (Å²) in [6, 6.07) is 17.0. The number of aldehydes is 2. The number of likely N-dealkylation sites (N-methyl/N-ethyl adjacent to an activating group) is 1. The van der Waals surface area contributed by atoms with Crippen LogP contribution in [0.3, 0.4) is 0 Å². The molecule has 2 aromatic carbocycles. The molecule has 2 aromatic heterocycles. The quantitative estimate of drug-likeness (QED) is 0.0913. The average molecular weight is 962 g/mol. The molecule has 70 heavy (non-hydrogen) atoms. The number of likely N-dealkylation sites (tertiary alicyclic amines) is 1. The summed E-state index contributed by atoms with van der Waals surface area (Å²) in [5.41, 5.74) is 10.9. The largest absolute Gasteiger partial charge is 0.464 e. The molecule has 7 rings (SSSR count). The highest BCUT2D eigenvalue weighted by atomic mass is 16.5. The Morgan fingerprint density at radius 1 is 1.03 bits per heavy atom. The number of ether oxygens (including phenoxy) is 2. The molecule has 4 aromatic rings. The standard InChI is InChI=1S/C44H58N6O5.C8H9NO2.2C2H6/c1-10-49-37-19-18-31-24-33(37)34(40(49)32-16-12-20-45-38(32)28(4)54-9)25-44(5,6)26-55-43(53)35-17-13-21-50(47-35)42(52)36(23-29-14-11-15-30(31)22-29)46-41(51)39(27(2)3)48(7)8;10-4-2-1-3-9-5-8(6-9)7-11;2*1-2/h11-12,14-16,18-20,22,24,27-28,35-36,39,47H,10,13,17,21,23,25-26H2,1-9H3,(H,46,51);4,7-8H,3,5-6H2;2*1-2H3.